The molecule has 1 heterocycles. The molecule has 4 heteroatoms. The highest BCUT2D eigenvalue weighted by Gasteiger charge is 2.54. The van der Waals surface area contributed by atoms with Crippen LogP contribution >= 0.6 is 0 Å². The van der Waals surface area contributed by atoms with Gasteiger partial charge in [-0.25, -0.2) is 0 Å². The van der Waals surface area contributed by atoms with E-state index in [2.05, 4.69) is 5.32 Å². The average Bonchev–Trinajstić information content (AvgIpc) is 3.29. The van der Waals surface area contributed by atoms with E-state index < -0.39 is 5.54 Å². The Labute approximate surface area is 113 Å². The third kappa shape index (κ3) is 1.87. The maximum absolute atomic E-state index is 12.9. The number of hydrogen-bond acceptors (Lipinski definition) is 2. The Kier molecular flexibility index (Phi) is 2.45. The molecule has 0 aromatic rings. The summed E-state index contributed by atoms with van der Waals surface area (Å²) in [5.74, 6) is 1.66. The third-order valence-electron chi connectivity index (χ3n) is 5.39. The van der Waals surface area contributed by atoms with Crippen LogP contribution in [0.5, 0.6) is 0 Å². The normalized spacial score (nSPS) is 30.3. The smallest absolute Gasteiger partial charge is 0.249 e. The number of piperazine rings is 1. The third-order valence-corrected chi connectivity index (χ3v) is 5.39. The van der Waals surface area contributed by atoms with Crippen LogP contribution in [0.1, 0.15) is 51.4 Å². The summed E-state index contributed by atoms with van der Waals surface area (Å²) in [6, 6.07) is 0.371. The number of amides is 2. The van der Waals surface area contributed by atoms with Crippen molar-refractivity contribution < 1.29 is 9.59 Å². The molecule has 4 aliphatic rings. The summed E-state index contributed by atoms with van der Waals surface area (Å²) >= 11 is 0. The van der Waals surface area contributed by atoms with Crippen molar-refractivity contribution in [2.24, 2.45) is 11.8 Å². The van der Waals surface area contributed by atoms with Gasteiger partial charge < -0.3 is 10.2 Å². The molecule has 0 unspecified atom stereocenters. The molecule has 4 fully saturated rings. The second-order valence-corrected chi connectivity index (χ2v) is 6.94. The summed E-state index contributed by atoms with van der Waals surface area (Å²) in [6.07, 6.45) is 8.82. The van der Waals surface area contributed by atoms with Crippen molar-refractivity contribution in [3.63, 3.8) is 0 Å². The number of carbonyl (C=O) groups is 2. The van der Waals surface area contributed by atoms with E-state index in [1.165, 1.54) is 25.7 Å². The standard InChI is InChI=1S/C15H22N2O2/c18-12-9-17(13(10-3-4-10)11-5-6-11)14(19)15(16-12)7-1-2-8-15/h10-11,13H,1-9H2,(H,16,18). The van der Waals surface area contributed by atoms with Gasteiger partial charge in [0, 0.05) is 6.04 Å². The lowest BCUT2D eigenvalue weighted by atomic mass is 9.90. The Hall–Kier alpha value is -1.06. The molecule has 1 aliphatic heterocycles. The molecule has 0 bridgehead atoms. The predicted molar refractivity (Wildman–Crippen MR) is 70.3 cm³/mol. The summed E-state index contributed by atoms with van der Waals surface area (Å²) in [7, 11) is 0. The van der Waals surface area contributed by atoms with Crippen molar-refractivity contribution in [1.82, 2.24) is 10.2 Å². The molecule has 104 valence electrons. The number of rotatable bonds is 3. The Morgan fingerprint density at radius 2 is 1.63 bits per heavy atom. The van der Waals surface area contributed by atoms with Crippen LogP contribution in [0.25, 0.3) is 0 Å². The van der Waals surface area contributed by atoms with Gasteiger partial charge in [-0.15, -0.1) is 0 Å². The molecular formula is C15H22N2O2. The Balaban J connectivity index is 1.62. The summed E-state index contributed by atoms with van der Waals surface area (Å²) in [4.78, 5) is 26.9. The summed E-state index contributed by atoms with van der Waals surface area (Å²) in [5, 5.41) is 3.01. The summed E-state index contributed by atoms with van der Waals surface area (Å²) in [6.45, 7) is 0.304. The summed E-state index contributed by atoms with van der Waals surface area (Å²) < 4.78 is 0. The van der Waals surface area contributed by atoms with Gasteiger partial charge in [0.2, 0.25) is 11.8 Å². The number of nitrogens with zero attached hydrogens (tertiary/aromatic N) is 1. The zero-order valence-electron chi connectivity index (χ0n) is 11.4. The van der Waals surface area contributed by atoms with Crippen LogP contribution < -0.4 is 5.32 Å². The molecule has 3 saturated carbocycles. The molecule has 4 rings (SSSR count). The molecule has 2 amide bonds. The molecule has 0 atom stereocenters. The fourth-order valence-electron chi connectivity index (χ4n) is 4.19. The van der Waals surface area contributed by atoms with Crippen molar-refractivity contribution in [3.8, 4) is 0 Å². The van der Waals surface area contributed by atoms with Gasteiger partial charge in [-0.3, -0.25) is 9.59 Å². The molecule has 1 saturated heterocycles. The Morgan fingerprint density at radius 3 is 2.16 bits per heavy atom. The molecular weight excluding hydrogens is 240 g/mol. The lowest BCUT2D eigenvalue weighted by Crippen LogP contribution is -2.67. The fourth-order valence-corrected chi connectivity index (χ4v) is 4.19. The van der Waals surface area contributed by atoms with E-state index in [-0.39, 0.29) is 11.8 Å². The number of nitrogens with one attached hydrogen (secondary N) is 1. The van der Waals surface area contributed by atoms with Crippen molar-refractivity contribution >= 4 is 11.8 Å². The highest BCUT2D eigenvalue weighted by Crippen LogP contribution is 2.48. The summed E-state index contributed by atoms with van der Waals surface area (Å²) in [5.41, 5.74) is -0.530. The van der Waals surface area contributed by atoms with Gasteiger partial charge in [0.1, 0.15) is 5.54 Å². The van der Waals surface area contributed by atoms with E-state index in [4.69, 9.17) is 0 Å². The quantitative estimate of drug-likeness (QED) is 0.837. The van der Waals surface area contributed by atoms with Crippen molar-refractivity contribution in [2.75, 3.05) is 6.54 Å². The van der Waals surface area contributed by atoms with Crippen LogP contribution in [0, 0.1) is 11.8 Å². The molecule has 19 heavy (non-hydrogen) atoms. The van der Waals surface area contributed by atoms with Crippen molar-refractivity contribution in [2.45, 2.75) is 62.9 Å². The first kappa shape index (κ1) is 11.7. The highest BCUT2D eigenvalue weighted by molar-refractivity contribution is 5.98. The van der Waals surface area contributed by atoms with E-state index in [0.717, 1.165) is 25.7 Å². The Bertz CT molecular complexity index is 408. The average molecular weight is 262 g/mol. The Morgan fingerprint density at radius 1 is 1.05 bits per heavy atom. The minimum atomic E-state index is -0.530. The molecule has 0 aromatic heterocycles. The van der Waals surface area contributed by atoms with E-state index in [1.807, 2.05) is 4.90 Å². The second kappa shape index (κ2) is 3.97. The van der Waals surface area contributed by atoms with E-state index in [0.29, 0.717) is 24.4 Å². The molecule has 3 aliphatic carbocycles. The first-order valence-corrected chi connectivity index (χ1v) is 7.82. The van der Waals surface area contributed by atoms with Gasteiger partial charge in [0.25, 0.3) is 0 Å². The first-order chi connectivity index (χ1) is 9.20. The largest absolute Gasteiger partial charge is 0.340 e. The van der Waals surface area contributed by atoms with E-state index in [9.17, 15) is 9.59 Å². The van der Waals surface area contributed by atoms with Crippen molar-refractivity contribution in [1.29, 1.82) is 0 Å². The second-order valence-electron chi connectivity index (χ2n) is 6.94. The zero-order chi connectivity index (χ0) is 13.0. The number of hydrogen-bond donors (Lipinski definition) is 1. The topological polar surface area (TPSA) is 49.4 Å². The van der Waals surface area contributed by atoms with Gasteiger partial charge in [-0.05, 0) is 50.4 Å². The van der Waals surface area contributed by atoms with Crippen LogP contribution in [-0.4, -0.2) is 34.8 Å². The van der Waals surface area contributed by atoms with Gasteiger partial charge in [-0.2, -0.15) is 0 Å². The van der Waals surface area contributed by atoms with E-state index >= 15 is 0 Å². The van der Waals surface area contributed by atoms with Gasteiger partial charge >= 0.3 is 0 Å². The lowest BCUT2D eigenvalue weighted by molar-refractivity contribution is -0.153. The van der Waals surface area contributed by atoms with E-state index in [1.54, 1.807) is 0 Å². The first-order valence-electron chi connectivity index (χ1n) is 7.82. The highest BCUT2D eigenvalue weighted by atomic mass is 16.2. The van der Waals surface area contributed by atoms with Crippen LogP contribution in [0.15, 0.2) is 0 Å². The SMILES string of the molecule is O=C1CN(C(C2CC2)C2CC2)C(=O)C2(CCCC2)N1. The lowest BCUT2D eigenvalue weighted by Gasteiger charge is -2.43. The fraction of sp³-hybridized carbons (Fsp3) is 0.867. The van der Waals surface area contributed by atoms with Gasteiger partial charge in [-0.1, -0.05) is 12.8 Å². The maximum atomic E-state index is 12.9. The molecule has 0 radical (unpaired) electrons. The number of carbonyl (C=O) groups excluding carboxylic acids is 2. The molecule has 1 N–H and O–H groups in total. The van der Waals surface area contributed by atoms with Crippen LogP contribution in [0.3, 0.4) is 0 Å². The monoisotopic (exact) mass is 262 g/mol. The zero-order valence-corrected chi connectivity index (χ0v) is 11.4. The molecule has 1 spiro atoms. The molecule has 4 nitrogen and oxygen atoms in total. The van der Waals surface area contributed by atoms with Gasteiger partial charge in [0.15, 0.2) is 0 Å². The molecule has 0 aromatic carbocycles. The minimum Gasteiger partial charge on any atom is -0.340 e. The predicted octanol–water partition coefficient (Wildman–Crippen LogP) is 1.45. The van der Waals surface area contributed by atoms with Crippen LogP contribution in [0.4, 0.5) is 0 Å². The van der Waals surface area contributed by atoms with Gasteiger partial charge in [0.05, 0.1) is 6.54 Å². The minimum absolute atomic E-state index is 0.0628. The van der Waals surface area contributed by atoms with Crippen LogP contribution in [-0.2, 0) is 9.59 Å². The van der Waals surface area contributed by atoms with Crippen LogP contribution in [0.2, 0.25) is 0 Å². The maximum Gasteiger partial charge on any atom is 0.249 e. The van der Waals surface area contributed by atoms with Crippen molar-refractivity contribution in [3.05, 3.63) is 0 Å².